The Labute approximate surface area is 128 Å². The number of aromatic nitrogens is 1. The highest BCUT2D eigenvalue weighted by atomic mass is 79.9. The molecule has 0 aromatic carbocycles. The molecule has 0 atom stereocenters. The molecule has 1 aromatic heterocycles. The Morgan fingerprint density at radius 1 is 1.37 bits per heavy atom. The first-order chi connectivity index (χ1) is 8.60. The van der Waals surface area contributed by atoms with E-state index < -0.39 is 0 Å². The average Bonchev–Trinajstić information content (AvgIpc) is 2.37. The molecule has 1 aliphatic carbocycles. The standard InChI is InChI=1S/C13H19BrN2O2.ClH/c1-15-9-3-5-10(6-4-9)18-12-7-13(17)16(2)8-11(12)14;/h7-10,15H,3-6H2,1-2H3;1H/t9-,10-;. The van der Waals surface area contributed by atoms with Crippen LogP contribution < -0.4 is 15.6 Å². The van der Waals surface area contributed by atoms with Crippen LogP contribution >= 0.6 is 28.3 Å². The molecule has 0 saturated heterocycles. The molecule has 4 nitrogen and oxygen atoms in total. The lowest BCUT2D eigenvalue weighted by Gasteiger charge is -2.29. The molecule has 19 heavy (non-hydrogen) atoms. The molecular weight excluding hydrogens is 332 g/mol. The van der Waals surface area contributed by atoms with Gasteiger partial charge in [0.05, 0.1) is 10.6 Å². The van der Waals surface area contributed by atoms with Gasteiger partial charge in [0.1, 0.15) is 5.75 Å². The summed E-state index contributed by atoms with van der Waals surface area (Å²) in [6.45, 7) is 0. The smallest absolute Gasteiger partial charge is 0.254 e. The SMILES string of the molecule is CN[C@H]1CC[C@H](Oc2cc(=O)n(C)cc2Br)CC1.Cl. The molecule has 1 fully saturated rings. The molecule has 1 heterocycles. The van der Waals surface area contributed by atoms with Gasteiger partial charge in [-0.25, -0.2) is 0 Å². The van der Waals surface area contributed by atoms with Crippen LogP contribution in [0.4, 0.5) is 0 Å². The minimum atomic E-state index is -0.0443. The summed E-state index contributed by atoms with van der Waals surface area (Å²) in [6.07, 6.45) is 6.29. The van der Waals surface area contributed by atoms with E-state index in [-0.39, 0.29) is 24.1 Å². The highest BCUT2D eigenvalue weighted by Gasteiger charge is 2.22. The van der Waals surface area contributed by atoms with Gasteiger partial charge in [0, 0.05) is 25.4 Å². The summed E-state index contributed by atoms with van der Waals surface area (Å²) in [5.41, 5.74) is -0.0443. The van der Waals surface area contributed by atoms with E-state index in [0.29, 0.717) is 11.8 Å². The maximum absolute atomic E-state index is 11.6. The van der Waals surface area contributed by atoms with E-state index in [9.17, 15) is 4.79 Å². The normalized spacial score (nSPS) is 22.7. The molecular formula is C13H20BrClN2O2. The molecule has 0 unspecified atom stereocenters. The van der Waals surface area contributed by atoms with Crippen LogP contribution in [0.2, 0.25) is 0 Å². The highest BCUT2D eigenvalue weighted by molar-refractivity contribution is 9.10. The third-order valence-corrected chi connectivity index (χ3v) is 4.12. The van der Waals surface area contributed by atoms with Crippen LogP contribution in [0.3, 0.4) is 0 Å². The topological polar surface area (TPSA) is 43.3 Å². The zero-order valence-electron chi connectivity index (χ0n) is 11.2. The summed E-state index contributed by atoms with van der Waals surface area (Å²) in [6, 6.07) is 2.16. The Bertz CT molecular complexity index is 470. The van der Waals surface area contributed by atoms with Gasteiger partial charge < -0.3 is 14.6 Å². The maximum Gasteiger partial charge on any atom is 0.254 e. The molecule has 0 radical (unpaired) electrons. The molecule has 0 aliphatic heterocycles. The summed E-state index contributed by atoms with van der Waals surface area (Å²) in [5, 5.41) is 3.30. The van der Waals surface area contributed by atoms with Crippen molar-refractivity contribution in [2.45, 2.75) is 37.8 Å². The molecule has 2 rings (SSSR count). The number of halogens is 2. The Morgan fingerprint density at radius 2 is 2.00 bits per heavy atom. The van der Waals surface area contributed by atoms with E-state index in [2.05, 4.69) is 21.2 Å². The van der Waals surface area contributed by atoms with Gasteiger partial charge in [-0.2, -0.15) is 0 Å². The zero-order valence-corrected chi connectivity index (χ0v) is 13.6. The molecule has 1 N–H and O–H groups in total. The van der Waals surface area contributed by atoms with Gasteiger partial charge in [0.25, 0.3) is 5.56 Å². The summed E-state index contributed by atoms with van der Waals surface area (Å²) in [7, 11) is 3.73. The Morgan fingerprint density at radius 3 is 2.58 bits per heavy atom. The monoisotopic (exact) mass is 350 g/mol. The van der Waals surface area contributed by atoms with Crippen LogP contribution in [0.25, 0.3) is 0 Å². The lowest BCUT2D eigenvalue weighted by Crippen LogP contribution is -2.34. The Balaban J connectivity index is 0.00000180. The fourth-order valence-electron chi connectivity index (χ4n) is 2.32. The highest BCUT2D eigenvalue weighted by Crippen LogP contribution is 2.28. The van der Waals surface area contributed by atoms with Crippen molar-refractivity contribution < 1.29 is 4.74 Å². The number of nitrogens with zero attached hydrogens (tertiary/aromatic N) is 1. The van der Waals surface area contributed by atoms with Gasteiger partial charge >= 0.3 is 0 Å². The van der Waals surface area contributed by atoms with Crippen LogP contribution in [0.1, 0.15) is 25.7 Å². The second-order valence-electron chi connectivity index (χ2n) is 4.81. The van der Waals surface area contributed by atoms with Gasteiger partial charge in [-0.15, -0.1) is 12.4 Å². The lowest BCUT2D eigenvalue weighted by atomic mass is 9.93. The number of nitrogens with one attached hydrogen (secondary N) is 1. The van der Waals surface area contributed by atoms with E-state index in [1.165, 1.54) is 4.57 Å². The third-order valence-electron chi connectivity index (χ3n) is 3.52. The van der Waals surface area contributed by atoms with Crippen LogP contribution in [0.15, 0.2) is 21.5 Å². The van der Waals surface area contributed by atoms with Gasteiger partial charge in [-0.3, -0.25) is 4.79 Å². The Kier molecular flexibility index (Phi) is 6.36. The van der Waals surface area contributed by atoms with Crippen molar-refractivity contribution in [2.24, 2.45) is 7.05 Å². The fraction of sp³-hybridized carbons (Fsp3) is 0.615. The first kappa shape index (κ1) is 16.5. The van der Waals surface area contributed by atoms with Gasteiger partial charge in [0.2, 0.25) is 0 Å². The van der Waals surface area contributed by atoms with Crippen molar-refractivity contribution in [3.05, 3.63) is 27.1 Å². The van der Waals surface area contributed by atoms with Crippen molar-refractivity contribution in [2.75, 3.05) is 7.05 Å². The zero-order chi connectivity index (χ0) is 13.1. The van der Waals surface area contributed by atoms with Crippen molar-refractivity contribution in [3.63, 3.8) is 0 Å². The number of aryl methyl sites for hydroxylation is 1. The van der Waals surface area contributed by atoms with Crippen LogP contribution in [0.5, 0.6) is 5.75 Å². The number of rotatable bonds is 3. The molecule has 0 bridgehead atoms. The third kappa shape index (κ3) is 4.23. The second-order valence-corrected chi connectivity index (χ2v) is 5.67. The van der Waals surface area contributed by atoms with Crippen LogP contribution in [-0.4, -0.2) is 23.8 Å². The molecule has 1 saturated carbocycles. The van der Waals surface area contributed by atoms with Crippen LogP contribution in [0, 0.1) is 0 Å². The molecule has 1 aliphatic rings. The maximum atomic E-state index is 11.6. The fourth-order valence-corrected chi connectivity index (χ4v) is 2.83. The van der Waals surface area contributed by atoms with E-state index in [4.69, 9.17) is 4.74 Å². The molecule has 0 amide bonds. The quantitative estimate of drug-likeness (QED) is 0.910. The predicted octanol–water partition coefficient (Wildman–Crippen LogP) is 2.48. The van der Waals surface area contributed by atoms with E-state index >= 15 is 0 Å². The van der Waals surface area contributed by atoms with Crippen molar-refractivity contribution in [1.82, 2.24) is 9.88 Å². The van der Waals surface area contributed by atoms with Crippen molar-refractivity contribution in [1.29, 1.82) is 0 Å². The average molecular weight is 352 g/mol. The Hall–Kier alpha value is -0.520. The summed E-state index contributed by atoms with van der Waals surface area (Å²) >= 11 is 3.44. The minimum Gasteiger partial charge on any atom is -0.489 e. The minimum absolute atomic E-state index is 0. The van der Waals surface area contributed by atoms with Crippen LogP contribution in [-0.2, 0) is 7.05 Å². The van der Waals surface area contributed by atoms with E-state index in [0.717, 1.165) is 30.2 Å². The molecule has 0 spiro atoms. The summed E-state index contributed by atoms with van der Waals surface area (Å²) < 4.78 is 8.30. The second kappa shape index (κ2) is 7.31. The number of pyridine rings is 1. The number of hydrogen-bond acceptors (Lipinski definition) is 3. The van der Waals surface area contributed by atoms with Crippen molar-refractivity contribution in [3.8, 4) is 5.75 Å². The first-order valence-electron chi connectivity index (χ1n) is 6.30. The summed E-state index contributed by atoms with van der Waals surface area (Å²) in [4.78, 5) is 11.6. The molecule has 108 valence electrons. The lowest BCUT2D eigenvalue weighted by molar-refractivity contribution is 0.140. The first-order valence-corrected chi connectivity index (χ1v) is 7.09. The van der Waals surface area contributed by atoms with E-state index in [1.54, 1.807) is 19.3 Å². The van der Waals surface area contributed by atoms with Gasteiger partial charge in [-0.05, 0) is 48.7 Å². The molecule has 6 heteroatoms. The van der Waals surface area contributed by atoms with E-state index in [1.807, 2.05) is 7.05 Å². The van der Waals surface area contributed by atoms with Gasteiger partial charge in [-0.1, -0.05) is 0 Å². The number of hydrogen-bond donors (Lipinski definition) is 1. The largest absolute Gasteiger partial charge is 0.489 e. The summed E-state index contributed by atoms with van der Waals surface area (Å²) in [5.74, 6) is 0.658. The molecule has 1 aromatic rings. The number of ether oxygens (including phenoxy) is 1. The predicted molar refractivity (Wildman–Crippen MR) is 82.4 cm³/mol. The van der Waals surface area contributed by atoms with Gasteiger partial charge in [0.15, 0.2) is 0 Å². The van der Waals surface area contributed by atoms with Crippen molar-refractivity contribution >= 4 is 28.3 Å².